The summed E-state index contributed by atoms with van der Waals surface area (Å²) in [5, 5.41) is 2.14. The van der Waals surface area contributed by atoms with Gasteiger partial charge < -0.3 is 10.6 Å². The van der Waals surface area contributed by atoms with Gasteiger partial charge in [-0.15, -0.1) is 0 Å². The van der Waals surface area contributed by atoms with Crippen molar-refractivity contribution in [1.82, 2.24) is 4.98 Å². The summed E-state index contributed by atoms with van der Waals surface area (Å²) in [4.78, 5) is 6.35. The van der Waals surface area contributed by atoms with Crippen molar-refractivity contribution in [2.24, 2.45) is 0 Å². The van der Waals surface area contributed by atoms with Crippen LogP contribution in [0.4, 0.5) is 11.4 Å². The number of nitrogen functional groups attached to an aromatic ring is 1. The van der Waals surface area contributed by atoms with E-state index in [4.69, 9.17) is 5.73 Å². The van der Waals surface area contributed by atoms with Crippen LogP contribution < -0.4 is 10.6 Å². The molecule has 0 bridgehead atoms. The Morgan fingerprint density at radius 2 is 1.86 bits per heavy atom. The van der Waals surface area contributed by atoms with Crippen molar-refractivity contribution >= 4 is 22.1 Å². The minimum atomic E-state index is 0.825. The SMILES string of the molecule is CN(CCc1ccccc1)c1ccc2cnccc2c1N. The molecule has 0 saturated carbocycles. The van der Waals surface area contributed by atoms with Gasteiger partial charge in [0.25, 0.3) is 0 Å². The fourth-order valence-electron chi connectivity index (χ4n) is 2.58. The second kappa shape index (κ2) is 5.83. The van der Waals surface area contributed by atoms with Gasteiger partial charge in [-0.3, -0.25) is 4.98 Å². The number of rotatable bonds is 4. The Balaban J connectivity index is 1.81. The Morgan fingerprint density at radius 3 is 2.67 bits per heavy atom. The molecule has 0 aliphatic heterocycles. The number of benzene rings is 2. The van der Waals surface area contributed by atoms with Gasteiger partial charge in [0.2, 0.25) is 0 Å². The largest absolute Gasteiger partial charge is 0.397 e. The molecule has 2 aromatic carbocycles. The molecule has 3 aromatic rings. The molecular formula is C18H19N3. The van der Waals surface area contributed by atoms with Gasteiger partial charge in [-0.1, -0.05) is 36.4 Å². The average Bonchev–Trinajstić information content (AvgIpc) is 2.54. The molecule has 0 spiro atoms. The maximum absolute atomic E-state index is 6.32. The quantitative estimate of drug-likeness (QED) is 0.742. The lowest BCUT2D eigenvalue weighted by Crippen LogP contribution is -2.21. The molecule has 0 fully saturated rings. The Labute approximate surface area is 125 Å². The molecule has 1 aromatic heterocycles. The summed E-state index contributed by atoms with van der Waals surface area (Å²) >= 11 is 0. The van der Waals surface area contributed by atoms with Gasteiger partial charge in [-0.05, 0) is 24.1 Å². The number of hydrogen-bond donors (Lipinski definition) is 1. The number of anilines is 2. The maximum atomic E-state index is 6.32. The van der Waals surface area contributed by atoms with E-state index in [9.17, 15) is 0 Å². The molecule has 3 rings (SSSR count). The highest BCUT2D eigenvalue weighted by atomic mass is 15.1. The number of likely N-dealkylation sites (N-methyl/N-ethyl adjacent to an activating group) is 1. The molecule has 0 saturated heterocycles. The lowest BCUT2D eigenvalue weighted by molar-refractivity contribution is 0.878. The highest BCUT2D eigenvalue weighted by Gasteiger charge is 2.08. The molecule has 2 N–H and O–H groups in total. The Morgan fingerprint density at radius 1 is 1.05 bits per heavy atom. The Hall–Kier alpha value is -2.55. The number of nitrogens with two attached hydrogens (primary N) is 1. The van der Waals surface area contributed by atoms with Crippen LogP contribution in [0.3, 0.4) is 0 Å². The van der Waals surface area contributed by atoms with Crippen molar-refractivity contribution in [1.29, 1.82) is 0 Å². The molecule has 0 atom stereocenters. The zero-order valence-corrected chi connectivity index (χ0v) is 12.2. The van der Waals surface area contributed by atoms with E-state index < -0.39 is 0 Å². The van der Waals surface area contributed by atoms with E-state index in [1.807, 2.05) is 18.3 Å². The first-order valence-corrected chi connectivity index (χ1v) is 7.13. The topological polar surface area (TPSA) is 42.2 Å². The normalized spacial score (nSPS) is 10.7. The fourth-order valence-corrected chi connectivity index (χ4v) is 2.58. The number of pyridine rings is 1. The summed E-state index contributed by atoms with van der Waals surface area (Å²) in [7, 11) is 2.08. The Bertz CT molecular complexity index is 738. The molecule has 3 heteroatoms. The van der Waals surface area contributed by atoms with Gasteiger partial charge in [-0.2, -0.15) is 0 Å². The van der Waals surface area contributed by atoms with Gasteiger partial charge in [0.05, 0.1) is 11.4 Å². The van der Waals surface area contributed by atoms with Crippen molar-refractivity contribution in [2.75, 3.05) is 24.2 Å². The van der Waals surface area contributed by atoms with Gasteiger partial charge >= 0.3 is 0 Å². The van der Waals surface area contributed by atoms with Gasteiger partial charge in [-0.25, -0.2) is 0 Å². The van der Waals surface area contributed by atoms with Gasteiger partial charge in [0.15, 0.2) is 0 Å². The predicted molar refractivity (Wildman–Crippen MR) is 89.6 cm³/mol. The van der Waals surface area contributed by atoms with E-state index in [0.29, 0.717) is 0 Å². The highest BCUT2D eigenvalue weighted by molar-refractivity contribution is 5.98. The number of aromatic nitrogens is 1. The van der Waals surface area contributed by atoms with Crippen LogP contribution in [0.25, 0.3) is 10.8 Å². The molecule has 0 aliphatic rings. The maximum Gasteiger partial charge on any atom is 0.0632 e. The zero-order chi connectivity index (χ0) is 14.7. The lowest BCUT2D eigenvalue weighted by Gasteiger charge is -2.22. The molecule has 0 amide bonds. The minimum absolute atomic E-state index is 0.825. The molecular weight excluding hydrogens is 258 g/mol. The molecule has 0 aliphatic carbocycles. The van der Waals surface area contributed by atoms with Crippen LogP contribution in [-0.2, 0) is 6.42 Å². The summed E-state index contributed by atoms with van der Waals surface area (Å²) in [5.41, 5.74) is 9.56. The van der Waals surface area contributed by atoms with E-state index in [0.717, 1.165) is 35.1 Å². The van der Waals surface area contributed by atoms with E-state index in [2.05, 4.69) is 53.3 Å². The molecule has 21 heavy (non-hydrogen) atoms. The molecule has 3 nitrogen and oxygen atoms in total. The van der Waals surface area contributed by atoms with Crippen molar-refractivity contribution < 1.29 is 0 Å². The van der Waals surface area contributed by atoms with Crippen LogP contribution >= 0.6 is 0 Å². The van der Waals surface area contributed by atoms with Crippen LogP contribution in [-0.4, -0.2) is 18.6 Å². The molecule has 0 radical (unpaired) electrons. The van der Waals surface area contributed by atoms with Crippen molar-refractivity contribution in [3.05, 3.63) is 66.5 Å². The standard InChI is InChI=1S/C18H19N3/c1-21(12-10-14-5-3-2-4-6-14)17-8-7-15-13-20-11-9-16(15)18(17)19/h2-9,11,13H,10,12,19H2,1H3. The zero-order valence-electron chi connectivity index (χ0n) is 12.2. The third kappa shape index (κ3) is 2.82. The highest BCUT2D eigenvalue weighted by Crippen LogP contribution is 2.30. The first-order chi connectivity index (χ1) is 10.3. The van der Waals surface area contributed by atoms with Gasteiger partial charge in [0, 0.05) is 36.8 Å². The van der Waals surface area contributed by atoms with Crippen LogP contribution in [0, 0.1) is 0 Å². The summed E-state index contributed by atoms with van der Waals surface area (Å²) in [6.07, 6.45) is 4.64. The first-order valence-electron chi connectivity index (χ1n) is 7.13. The van der Waals surface area contributed by atoms with Crippen molar-refractivity contribution in [2.45, 2.75) is 6.42 Å². The number of nitrogens with zero attached hydrogens (tertiary/aromatic N) is 2. The Kier molecular flexibility index (Phi) is 3.73. The van der Waals surface area contributed by atoms with E-state index >= 15 is 0 Å². The predicted octanol–water partition coefficient (Wildman–Crippen LogP) is 3.50. The van der Waals surface area contributed by atoms with E-state index in [-0.39, 0.29) is 0 Å². The monoisotopic (exact) mass is 277 g/mol. The molecule has 0 unspecified atom stereocenters. The summed E-state index contributed by atoms with van der Waals surface area (Å²) in [6.45, 7) is 0.935. The molecule has 106 valence electrons. The van der Waals surface area contributed by atoms with Crippen LogP contribution in [0.2, 0.25) is 0 Å². The fraction of sp³-hybridized carbons (Fsp3) is 0.167. The van der Waals surface area contributed by atoms with Crippen molar-refractivity contribution in [3.8, 4) is 0 Å². The minimum Gasteiger partial charge on any atom is -0.397 e. The summed E-state index contributed by atoms with van der Waals surface area (Å²) in [5.74, 6) is 0. The summed E-state index contributed by atoms with van der Waals surface area (Å²) in [6, 6.07) is 16.6. The van der Waals surface area contributed by atoms with E-state index in [1.165, 1.54) is 5.56 Å². The van der Waals surface area contributed by atoms with E-state index in [1.54, 1.807) is 6.20 Å². The van der Waals surface area contributed by atoms with Crippen LogP contribution in [0.15, 0.2) is 60.9 Å². The van der Waals surface area contributed by atoms with Crippen LogP contribution in [0.1, 0.15) is 5.56 Å². The third-order valence-corrected chi connectivity index (χ3v) is 3.83. The summed E-state index contributed by atoms with van der Waals surface area (Å²) < 4.78 is 0. The lowest BCUT2D eigenvalue weighted by atomic mass is 10.1. The smallest absolute Gasteiger partial charge is 0.0632 e. The average molecular weight is 277 g/mol. The molecule has 1 heterocycles. The second-order valence-electron chi connectivity index (χ2n) is 5.25. The number of fused-ring (bicyclic) bond motifs is 1. The van der Waals surface area contributed by atoms with Gasteiger partial charge in [0.1, 0.15) is 0 Å². The number of hydrogen-bond acceptors (Lipinski definition) is 3. The second-order valence-corrected chi connectivity index (χ2v) is 5.25. The third-order valence-electron chi connectivity index (χ3n) is 3.83. The first kappa shape index (κ1) is 13.4. The van der Waals surface area contributed by atoms with Crippen LogP contribution in [0.5, 0.6) is 0 Å². The van der Waals surface area contributed by atoms with Crippen molar-refractivity contribution in [3.63, 3.8) is 0 Å².